The zero-order valence-corrected chi connectivity index (χ0v) is 10.1. The van der Waals surface area contributed by atoms with Crippen LogP contribution in [0, 0.1) is 3.57 Å². The van der Waals surface area contributed by atoms with E-state index in [4.69, 9.17) is 11.6 Å². The van der Waals surface area contributed by atoms with Gasteiger partial charge in [0.05, 0.1) is 27.0 Å². The first-order valence-corrected chi connectivity index (χ1v) is 5.62. The first-order chi connectivity index (χ1) is 6.79. The summed E-state index contributed by atoms with van der Waals surface area (Å²) in [5.41, 5.74) is 1.84. The number of pyridine rings is 1. The number of aromatic nitrogens is 3. The standard InChI is InChI=1S/C9H7ClIN3/c10-4-8-3-9(1-2-12-8)14-6-7(11)5-13-14/h1-3,5-6H,4H2. The molecule has 5 heteroatoms. The Morgan fingerprint density at radius 1 is 1.50 bits per heavy atom. The zero-order valence-electron chi connectivity index (χ0n) is 7.19. The van der Waals surface area contributed by atoms with Gasteiger partial charge >= 0.3 is 0 Å². The fourth-order valence-corrected chi connectivity index (χ4v) is 1.66. The maximum absolute atomic E-state index is 5.70. The molecular weight excluding hydrogens is 312 g/mol. The van der Waals surface area contributed by atoms with E-state index in [1.807, 2.05) is 18.3 Å². The minimum Gasteiger partial charge on any atom is -0.260 e. The summed E-state index contributed by atoms with van der Waals surface area (Å²) in [4.78, 5) is 4.12. The largest absolute Gasteiger partial charge is 0.260 e. The van der Waals surface area contributed by atoms with Gasteiger partial charge in [-0.1, -0.05) is 0 Å². The van der Waals surface area contributed by atoms with Gasteiger partial charge in [-0.05, 0) is 34.7 Å². The molecule has 0 saturated carbocycles. The second-order valence-corrected chi connectivity index (χ2v) is 4.26. The van der Waals surface area contributed by atoms with Crippen LogP contribution in [0.25, 0.3) is 5.69 Å². The van der Waals surface area contributed by atoms with Gasteiger partial charge in [-0.2, -0.15) is 5.10 Å². The molecule has 0 aliphatic carbocycles. The lowest BCUT2D eigenvalue weighted by molar-refractivity contribution is 0.874. The number of alkyl halides is 1. The van der Waals surface area contributed by atoms with E-state index in [1.165, 1.54) is 0 Å². The van der Waals surface area contributed by atoms with Gasteiger partial charge in [0.1, 0.15) is 0 Å². The van der Waals surface area contributed by atoms with Crippen molar-refractivity contribution in [3.8, 4) is 5.69 Å². The topological polar surface area (TPSA) is 30.7 Å². The van der Waals surface area contributed by atoms with Crippen LogP contribution in [0.1, 0.15) is 5.69 Å². The van der Waals surface area contributed by atoms with Crippen molar-refractivity contribution in [3.05, 3.63) is 40.0 Å². The summed E-state index contributed by atoms with van der Waals surface area (Å²) in [6.07, 6.45) is 5.50. The number of hydrogen-bond donors (Lipinski definition) is 0. The van der Waals surface area contributed by atoms with E-state index in [0.717, 1.165) is 15.0 Å². The number of halogens is 2. The van der Waals surface area contributed by atoms with Crippen molar-refractivity contribution in [1.29, 1.82) is 0 Å². The van der Waals surface area contributed by atoms with Crippen LogP contribution in [0.2, 0.25) is 0 Å². The van der Waals surface area contributed by atoms with Gasteiger partial charge in [0, 0.05) is 12.4 Å². The molecule has 72 valence electrons. The summed E-state index contributed by atoms with van der Waals surface area (Å²) < 4.78 is 2.91. The highest BCUT2D eigenvalue weighted by molar-refractivity contribution is 14.1. The van der Waals surface area contributed by atoms with Crippen LogP contribution < -0.4 is 0 Å². The van der Waals surface area contributed by atoms with E-state index < -0.39 is 0 Å². The average molecular weight is 320 g/mol. The van der Waals surface area contributed by atoms with Gasteiger partial charge in [0.25, 0.3) is 0 Å². The smallest absolute Gasteiger partial charge is 0.0679 e. The lowest BCUT2D eigenvalue weighted by Crippen LogP contribution is -1.96. The van der Waals surface area contributed by atoms with Crippen LogP contribution in [0.5, 0.6) is 0 Å². The van der Waals surface area contributed by atoms with Gasteiger partial charge in [-0.25, -0.2) is 4.68 Å². The van der Waals surface area contributed by atoms with Crippen molar-refractivity contribution >= 4 is 34.2 Å². The highest BCUT2D eigenvalue weighted by Crippen LogP contribution is 2.11. The molecule has 0 aliphatic heterocycles. The molecule has 0 atom stereocenters. The van der Waals surface area contributed by atoms with Gasteiger partial charge in [-0.3, -0.25) is 4.98 Å². The van der Waals surface area contributed by atoms with E-state index in [9.17, 15) is 0 Å². The van der Waals surface area contributed by atoms with E-state index in [2.05, 4.69) is 32.7 Å². The Labute approximate surface area is 100 Å². The molecule has 3 nitrogen and oxygen atoms in total. The lowest BCUT2D eigenvalue weighted by Gasteiger charge is -2.01. The Morgan fingerprint density at radius 2 is 2.36 bits per heavy atom. The predicted molar refractivity (Wildman–Crippen MR) is 63.6 cm³/mol. The Bertz CT molecular complexity index is 441. The van der Waals surface area contributed by atoms with E-state index in [0.29, 0.717) is 5.88 Å². The predicted octanol–water partition coefficient (Wildman–Crippen LogP) is 2.61. The van der Waals surface area contributed by atoms with Crippen molar-refractivity contribution in [1.82, 2.24) is 14.8 Å². The molecule has 0 N–H and O–H groups in total. The van der Waals surface area contributed by atoms with Gasteiger partial charge in [-0.15, -0.1) is 11.6 Å². The summed E-state index contributed by atoms with van der Waals surface area (Å²) in [7, 11) is 0. The summed E-state index contributed by atoms with van der Waals surface area (Å²) >= 11 is 7.92. The minimum atomic E-state index is 0.423. The number of hydrogen-bond acceptors (Lipinski definition) is 2. The second-order valence-electron chi connectivity index (χ2n) is 2.74. The second kappa shape index (κ2) is 4.27. The summed E-state index contributed by atoms with van der Waals surface area (Å²) in [6.45, 7) is 0. The Kier molecular flexibility index (Phi) is 3.02. The Balaban J connectivity index is 2.41. The highest BCUT2D eigenvalue weighted by atomic mass is 127. The average Bonchev–Trinajstić information content (AvgIpc) is 2.65. The quantitative estimate of drug-likeness (QED) is 0.629. The zero-order chi connectivity index (χ0) is 9.97. The first-order valence-electron chi connectivity index (χ1n) is 4.01. The fraction of sp³-hybridized carbons (Fsp3) is 0.111. The van der Waals surface area contributed by atoms with Crippen LogP contribution in [-0.2, 0) is 5.88 Å². The molecule has 2 heterocycles. The molecule has 2 rings (SSSR count). The van der Waals surface area contributed by atoms with Crippen LogP contribution in [0.4, 0.5) is 0 Å². The van der Waals surface area contributed by atoms with E-state index in [1.54, 1.807) is 17.1 Å². The third-order valence-corrected chi connectivity index (χ3v) is 2.58. The van der Waals surface area contributed by atoms with Crippen LogP contribution >= 0.6 is 34.2 Å². The minimum absolute atomic E-state index is 0.423. The molecule has 14 heavy (non-hydrogen) atoms. The number of nitrogens with zero attached hydrogens (tertiary/aromatic N) is 3. The molecule has 0 amide bonds. The first kappa shape index (κ1) is 9.92. The molecular formula is C9H7ClIN3. The lowest BCUT2D eigenvalue weighted by atomic mass is 10.3. The molecule has 0 aliphatic rings. The maximum Gasteiger partial charge on any atom is 0.0679 e. The van der Waals surface area contributed by atoms with Crippen molar-refractivity contribution in [2.75, 3.05) is 0 Å². The number of rotatable bonds is 2. The SMILES string of the molecule is ClCc1cc(-n2cc(I)cn2)ccn1. The van der Waals surface area contributed by atoms with Crippen molar-refractivity contribution in [2.45, 2.75) is 5.88 Å². The Hall–Kier alpha value is -0.620. The molecule has 2 aromatic heterocycles. The van der Waals surface area contributed by atoms with Crippen molar-refractivity contribution in [2.24, 2.45) is 0 Å². The van der Waals surface area contributed by atoms with Gasteiger partial charge in [0.2, 0.25) is 0 Å². The van der Waals surface area contributed by atoms with Crippen molar-refractivity contribution < 1.29 is 0 Å². The summed E-state index contributed by atoms with van der Waals surface area (Å²) in [6, 6.07) is 3.83. The summed E-state index contributed by atoms with van der Waals surface area (Å²) in [5, 5.41) is 4.20. The molecule has 0 aromatic carbocycles. The fourth-order valence-electron chi connectivity index (χ4n) is 1.12. The van der Waals surface area contributed by atoms with Crippen LogP contribution in [-0.4, -0.2) is 14.8 Å². The molecule has 0 spiro atoms. The third-order valence-electron chi connectivity index (χ3n) is 1.75. The van der Waals surface area contributed by atoms with Crippen molar-refractivity contribution in [3.63, 3.8) is 0 Å². The van der Waals surface area contributed by atoms with Crippen LogP contribution in [0.3, 0.4) is 0 Å². The van der Waals surface area contributed by atoms with Gasteiger partial charge < -0.3 is 0 Å². The van der Waals surface area contributed by atoms with E-state index >= 15 is 0 Å². The summed E-state index contributed by atoms with van der Waals surface area (Å²) in [5.74, 6) is 0.423. The van der Waals surface area contributed by atoms with E-state index in [-0.39, 0.29) is 0 Å². The third kappa shape index (κ3) is 2.06. The Morgan fingerprint density at radius 3 is 3.00 bits per heavy atom. The monoisotopic (exact) mass is 319 g/mol. The highest BCUT2D eigenvalue weighted by Gasteiger charge is 2.00. The molecule has 2 aromatic rings. The maximum atomic E-state index is 5.70. The molecule has 0 unspecified atom stereocenters. The molecule has 0 radical (unpaired) electrons. The molecule has 0 bridgehead atoms. The normalized spacial score (nSPS) is 10.4. The molecule has 0 saturated heterocycles. The van der Waals surface area contributed by atoms with Gasteiger partial charge in [0.15, 0.2) is 0 Å². The molecule has 0 fully saturated rings. The van der Waals surface area contributed by atoms with Crippen LogP contribution in [0.15, 0.2) is 30.7 Å².